The van der Waals surface area contributed by atoms with Gasteiger partial charge in [-0.15, -0.1) is 0 Å². The predicted octanol–water partition coefficient (Wildman–Crippen LogP) is 3.60. The summed E-state index contributed by atoms with van der Waals surface area (Å²) in [6.07, 6.45) is 9.90. The first kappa shape index (κ1) is 20.2. The Hall–Kier alpha value is -3.45. The molecule has 7 heteroatoms. The minimum absolute atomic E-state index is 0.223. The van der Waals surface area contributed by atoms with Gasteiger partial charge in [-0.25, -0.2) is 4.98 Å². The first-order valence-electron chi connectivity index (χ1n) is 12.0. The zero-order valence-corrected chi connectivity index (χ0v) is 18.6. The number of rotatable bonds is 5. The number of aromatic nitrogens is 2. The standard InChI is InChI=1S/C26H26N6O/c27-11-16-9-21(14-29-13-16)22-10-20(12-28)25(30-24(22)18-3-4-18)31-7-8-32(26(33)19-5-6-19)23(15-31)17-1-2-17/h9-10,13-14,17-19,23H,1-8,15H2. The Kier molecular flexibility index (Phi) is 4.80. The van der Waals surface area contributed by atoms with Crippen LogP contribution in [0.3, 0.4) is 0 Å². The summed E-state index contributed by atoms with van der Waals surface area (Å²) in [5.41, 5.74) is 3.79. The van der Waals surface area contributed by atoms with Crippen molar-refractivity contribution in [3.63, 3.8) is 0 Å². The molecule has 1 unspecified atom stereocenters. The van der Waals surface area contributed by atoms with E-state index in [1.807, 2.05) is 12.1 Å². The van der Waals surface area contributed by atoms with Gasteiger partial charge in [0.05, 0.1) is 22.9 Å². The minimum atomic E-state index is 0.223. The lowest BCUT2D eigenvalue weighted by Crippen LogP contribution is -2.57. The van der Waals surface area contributed by atoms with Crippen molar-refractivity contribution in [2.24, 2.45) is 11.8 Å². The van der Waals surface area contributed by atoms with Gasteiger partial charge in [0.2, 0.25) is 5.91 Å². The van der Waals surface area contributed by atoms with E-state index in [2.05, 4.69) is 26.9 Å². The van der Waals surface area contributed by atoms with Crippen molar-refractivity contribution in [2.45, 2.75) is 50.5 Å². The van der Waals surface area contributed by atoms with E-state index in [1.165, 1.54) is 12.8 Å². The van der Waals surface area contributed by atoms with E-state index in [0.717, 1.165) is 54.9 Å². The molecule has 7 nitrogen and oxygen atoms in total. The first-order valence-corrected chi connectivity index (χ1v) is 12.0. The second-order valence-electron chi connectivity index (χ2n) is 9.91. The van der Waals surface area contributed by atoms with Crippen LogP contribution in [0.5, 0.6) is 0 Å². The fourth-order valence-corrected chi connectivity index (χ4v) is 5.11. The van der Waals surface area contributed by atoms with Crippen LogP contribution < -0.4 is 4.90 Å². The molecule has 166 valence electrons. The van der Waals surface area contributed by atoms with Gasteiger partial charge in [0.25, 0.3) is 0 Å². The van der Waals surface area contributed by atoms with Crippen molar-refractivity contribution < 1.29 is 4.79 Å². The molecule has 0 spiro atoms. The quantitative estimate of drug-likeness (QED) is 0.708. The highest BCUT2D eigenvalue weighted by Gasteiger charge is 2.45. The van der Waals surface area contributed by atoms with E-state index in [4.69, 9.17) is 4.98 Å². The number of nitriles is 2. The van der Waals surface area contributed by atoms with Gasteiger partial charge in [0.1, 0.15) is 18.0 Å². The van der Waals surface area contributed by atoms with E-state index >= 15 is 0 Å². The maximum absolute atomic E-state index is 12.9. The van der Waals surface area contributed by atoms with Crippen molar-refractivity contribution >= 4 is 11.7 Å². The molecule has 0 aromatic carbocycles. The molecule has 1 aliphatic heterocycles. The highest BCUT2D eigenvalue weighted by atomic mass is 16.2. The lowest BCUT2D eigenvalue weighted by Gasteiger charge is -2.43. The predicted molar refractivity (Wildman–Crippen MR) is 122 cm³/mol. The molecule has 2 aromatic rings. The Balaban J connectivity index is 1.35. The van der Waals surface area contributed by atoms with Crippen molar-refractivity contribution in [1.82, 2.24) is 14.9 Å². The molecule has 4 aliphatic rings. The summed E-state index contributed by atoms with van der Waals surface area (Å²) in [5.74, 6) is 2.27. The van der Waals surface area contributed by atoms with Gasteiger partial charge >= 0.3 is 0 Å². The smallest absolute Gasteiger partial charge is 0.226 e. The number of hydrogen-bond donors (Lipinski definition) is 0. The van der Waals surface area contributed by atoms with Crippen LogP contribution in [-0.2, 0) is 4.79 Å². The summed E-state index contributed by atoms with van der Waals surface area (Å²) >= 11 is 0. The Labute approximate surface area is 193 Å². The fraction of sp³-hybridized carbons (Fsp3) is 0.500. The molecule has 0 radical (unpaired) electrons. The Morgan fingerprint density at radius 2 is 1.82 bits per heavy atom. The number of amides is 1. The number of nitrogens with zero attached hydrogens (tertiary/aromatic N) is 6. The van der Waals surface area contributed by atoms with Gasteiger partial charge in [0.15, 0.2) is 0 Å². The molecule has 0 N–H and O–H groups in total. The summed E-state index contributed by atoms with van der Waals surface area (Å²) in [6.45, 7) is 2.16. The minimum Gasteiger partial charge on any atom is -0.352 e. The van der Waals surface area contributed by atoms with E-state index in [9.17, 15) is 15.3 Å². The molecule has 33 heavy (non-hydrogen) atoms. The first-order chi connectivity index (χ1) is 16.2. The molecule has 6 rings (SSSR count). The maximum Gasteiger partial charge on any atom is 0.226 e. The molecule has 1 atom stereocenters. The average Bonchev–Trinajstić information content (AvgIpc) is 3.72. The van der Waals surface area contributed by atoms with Gasteiger partial charge < -0.3 is 9.80 Å². The summed E-state index contributed by atoms with van der Waals surface area (Å²) < 4.78 is 0. The third-order valence-electron chi connectivity index (χ3n) is 7.39. The number of hydrogen-bond acceptors (Lipinski definition) is 6. The van der Waals surface area contributed by atoms with Crippen molar-refractivity contribution in [2.75, 3.05) is 24.5 Å². The second kappa shape index (κ2) is 7.85. The van der Waals surface area contributed by atoms with Gasteiger partial charge in [0, 0.05) is 55.0 Å². The molecule has 0 bridgehead atoms. The van der Waals surface area contributed by atoms with Crippen LogP contribution in [0.2, 0.25) is 0 Å². The zero-order chi connectivity index (χ0) is 22.5. The Bertz CT molecular complexity index is 1200. The topological polar surface area (TPSA) is 96.9 Å². The normalized spacial score (nSPS) is 22.5. The molecule has 3 saturated carbocycles. The van der Waals surface area contributed by atoms with Crippen LogP contribution in [0.15, 0.2) is 24.5 Å². The lowest BCUT2D eigenvalue weighted by molar-refractivity contribution is -0.135. The molecule has 1 saturated heterocycles. The number of carbonyl (C=O) groups excluding carboxylic acids is 1. The van der Waals surface area contributed by atoms with Gasteiger partial charge in [-0.3, -0.25) is 9.78 Å². The van der Waals surface area contributed by atoms with E-state index in [1.54, 1.807) is 12.4 Å². The van der Waals surface area contributed by atoms with Crippen molar-refractivity contribution in [3.05, 3.63) is 41.3 Å². The van der Waals surface area contributed by atoms with Crippen LogP contribution in [0.1, 0.15) is 61.3 Å². The summed E-state index contributed by atoms with van der Waals surface area (Å²) in [6, 6.07) is 8.50. The van der Waals surface area contributed by atoms with Gasteiger partial charge in [-0.2, -0.15) is 10.5 Å². The van der Waals surface area contributed by atoms with Crippen LogP contribution in [0.4, 0.5) is 5.82 Å². The van der Waals surface area contributed by atoms with Crippen LogP contribution in [0, 0.1) is 34.5 Å². The third kappa shape index (κ3) is 3.82. The summed E-state index contributed by atoms with van der Waals surface area (Å²) in [4.78, 5) is 26.6. The number of piperazine rings is 1. The Morgan fingerprint density at radius 3 is 2.48 bits per heavy atom. The summed E-state index contributed by atoms with van der Waals surface area (Å²) in [7, 11) is 0. The largest absolute Gasteiger partial charge is 0.352 e. The molecule has 2 aromatic heterocycles. The highest BCUT2D eigenvalue weighted by Crippen LogP contribution is 2.46. The Morgan fingerprint density at radius 1 is 1.00 bits per heavy atom. The second-order valence-corrected chi connectivity index (χ2v) is 9.91. The van der Waals surface area contributed by atoms with Gasteiger partial charge in [-0.1, -0.05) is 0 Å². The monoisotopic (exact) mass is 438 g/mol. The third-order valence-corrected chi connectivity index (χ3v) is 7.39. The lowest BCUT2D eigenvalue weighted by atomic mass is 9.99. The van der Waals surface area contributed by atoms with Crippen LogP contribution in [-0.4, -0.2) is 46.5 Å². The zero-order valence-electron chi connectivity index (χ0n) is 18.6. The maximum atomic E-state index is 12.9. The molecular formula is C26H26N6O. The average molecular weight is 439 g/mol. The molecule has 1 amide bonds. The van der Waals surface area contributed by atoms with Crippen molar-refractivity contribution in [3.8, 4) is 23.3 Å². The van der Waals surface area contributed by atoms with E-state index in [0.29, 0.717) is 42.0 Å². The number of anilines is 1. The fourth-order valence-electron chi connectivity index (χ4n) is 5.11. The van der Waals surface area contributed by atoms with Crippen molar-refractivity contribution in [1.29, 1.82) is 10.5 Å². The highest BCUT2D eigenvalue weighted by molar-refractivity contribution is 5.82. The molecular weight excluding hydrogens is 412 g/mol. The number of carbonyl (C=O) groups is 1. The SMILES string of the molecule is N#Cc1cncc(-c2cc(C#N)c(N3CCN(C(=O)C4CC4)C(C4CC4)C3)nc2C2CC2)c1. The van der Waals surface area contributed by atoms with Crippen LogP contribution >= 0.6 is 0 Å². The van der Waals surface area contributed by atoms with E-state index in [-0.39, 0.29) is 12.0 Å². The van der Waals surface area contributed by atoms with Crippen LogP contribution in [0.25, 0.3) is 11.1 Å². The molecule has 4 fully saturated rings. The molecule has 3 heterocycles. The molecule has 3 aliphatic carbocycles. The van der Waals surface area contributed by atoms with Gasteiger partial charge in [-0.05, 0) is 56.6 Å². The summed E-state index contributed by atoms with van der Waals surface area (Å²) in [5, 5.41) is 19.3. The number of pyridine rings is 2. The van der Waals surface area contributed by atoms with E-state index < -0.39 is 0 Å².